The number of ether oxygens (including phenoxy) is 2. The Balaban J connectivity index is 1.58. The van der Waals surface area contributed by atoms with Gasteiger partial charge in [0.25, 0.3) is 0 Å². The van der Waals surface area contributed by atoms with E-state index in [1.165, 1.54) is 0 Å². The molecule has 0 unspecified atom stereocenters. The second-order valence-electron chi connectivity index (χ2n) is 6.31. The third-order valence-corrected chi connectivity index (χ3v) is 4.39. The van der Waals surface area contributed by atoms with Crippen molar-refractivity contribution in [1.82, 2.24) is 15.0 Å². The van der Waals surface area contributed by atoms with Crippen molar-refractivity contribution < 1.29 is 9.47 Å². The van der Waals surface area contributed by atoms with Crippen LogP contribution in [0.4, 0.5) is 5.82 Å². The Morgan fingerprint density at radius 2 is 1.89 bits per heavy atom. The van der Waals surface area contributed by atoms with Gasteiger partial charge in [0.15, 0.2) is 17.3 Å². The lowest BCUT2D eigenvalue weighted by molar-refractivity contribution is 0.296. The van der Waals surface area contributed by atoms with Crippen LogP contribution in [-0.2, 0) is 13.0 Å². The molecular weight excluding hydrogens is 340 g/mol. The Morgan fingerprint density at radius 3 is 2.74 bits per heavy atom. The van der Waals surface area contributed by atoms with Crippen LogP contribution < -0.4 is 14.8 Å². The zero-order chi connectivity index (χ0) is 18.5. The van der Waals surface area contributed by atoms with Gasteiger partial charge in [-0.3, -0.25) is 4.98 Å². The van der Waals surface area contributed by atoms with Gasteiger partial charge in [0.05, 0.1) is 13.2 Å². The predicted molar refractivity (Wildman–Crippen MR) is 104 cm³/mol. The van der Waals surface area contributed by atoms with Crippen molar-refractivity contribution in [2.75, 3.05) is 18.5 Å². The maximum Gasteiger partial charge on any atom is 0.166 e. The van der Waals surface area contributed by atoms with Crippen LogP contribution in [0.2, 0.25) is 0 Å². The molecule has 1 aliphatic heterocycles. The molecule has 6 nitrogen and oxygen atoms in total. The summed E-state index contributed by atoms with van der Waals surface area (Å²) in [5, 5.41) is 3.41. The number of benzene rings is 1. The Labute approximate surface area is 158 Å². The van der Waals surface area contributed by atoms with Crippen LogP contribution in [-0.4, -0.2) is 28.2 Å². The quantitative estimate of drug-likeness (QED) is 0.743. The first-order chi connectivity index (χ1) is 13.3. The first-order valence-electron chi connectivity index (χ1n) is 9.23. The van der Waals surface area contributed by atoms with Crippen LogP contribution in [0.1, 0.15) is 24.6 Å². The van der Waals surface area contributed by atoms with E-state index in [4.69, 9.17) is 9.47 Å². The monoisotopic (exact) mass is 362 g/mol. The Morgan fingerprint density at radius 1 is 1.04 bits per heavy atom. The molecule has 3 heterocycles. The number of aryl methyl sites for hydroxylation is 1. The molecule has 1 aromatic carbocycles. The van der Waals surface area contributed by atoms with Crippen LogP contribution in [0.15, 0.2) is 48.8 Å². The van der Waals surface area contributed by atoms with E-state index in [1.54, 1.807) is 12.4 Å². The maximum absolute atomic E-state index is 5.90. The number of hydrogen-bond acceptors (Lipinski definition) is 6. The van der Waals surface area contributed by atoms with Gasteiger partial charge in [0.1, 0.15) is 5.82 Å². The lowest BCUT2D eigenvalue weighted by Gasteiger charge is -2.14. The number of rotatable bonds is 5. The third-order valence-electron chi connectivity index (χ3n) is 4.39. The zero-order valence-electron chi connectivity index (χ0n) is 15.3. The Bertz CT molecular complexity index is 915. The van der Waals surface area contributed by atoms with Crippen LogP contribution in [0.5, 0.6) is 11.5 Å². The summed E-state index contributed by atoms with van der Waals surface area (Å²) in [7, 11) is 0. The van der Waals surface area contributed by atoms with Crippen molar-refractivity contribution in [3.8, 4) is 22.9 Å². The van der Waals surface area contributed by atoms with Crippen molar-refractivity contribution in [2.24, 2.45) is 0 Å². The van der Waals surface area contributed by atoms with Crippen molar-refractivity contribution >= 4 is 5.82 Å². The molecule has 3 aromatic rings. The van der Waals surface area contributed by atoms with Crippen LogP contribution >= 0.6 is 0 Å². The topological polar surface area (TPSA) is 69.2 Å². The molecule has 0 amide bonds. The van der Waals surface area contributed by atoms with E-state index in [2.05, 4.69) is 27.2 Å². The molecule has 6 heteroatoms. The lowest BCUT2D eigenvalue weighted by atomic mass is 10.2. The Hall–Kier alpha value is -3.15. The second-order valence-corrected chi connectivity index (χ2v) is 6.31. The van der Waals surface area contributed by atoms with Gasteiger partial charge >= 0.3 is 0 Å². The van der Waals surface area contributed by atoms with Crippen molar-refractivity contribution in [2.45, 2.75) is 26.3 Å². The fourth-order valence-corrected chi connectivity index (χ4v) is 2.98. The highest BCUT2D eigenvalue weighted by Gasteiger charge is 2.14. The van der Waals surface area contributed by atoms with Gasteiger partial charge in [0, 0.05) is 48.2 Å². The zero-order valence-corrected chi connectivity index (χ0v) is 15.3. The molecule has 4 rings (SSSR count). The average molecular weight is 362 g/mol. The minimum Gasteiger partial charge on any atom is -0.490 e. The second kappa shape index (κ2) is 8.03. The summed E-state index contributed by atoms with van der Waals surface area (Å²) in [4.78, 5) is 13.4. The lowest BCUT2D eigenvalue weighted by Crippen LogP contribution is -2.07. The molecule has 138 valence electrons. The molecule has 0 fully saturated rings. The number of pyridine rings is 1. The number of nitrogens with zero attached hydrogens (tertiary/aromatic N) is 3. The summed E-state index contributed by atoms with van der Waals surface area (Å²) in [5.41, 5.74) is 3.00. The van der Waals surface area contributed by atoms with Crippen molar-refractivity contribution in [3.05, 3.63) is 60.0 Å². The minimum absolute atomic E-state index is 0.600. The summed E-state index contributed by atoms with van der Waals surface area (Å²) in [5.74, 6) is 3.12. The fourth-order valence-electron chi connectivity index (χ4n) is 2.98. The molecule has 0 saturated heterocycles. The van der Waals surface area contributed by atoms with Gasteiger partial charge < -0.3 is 14.8 Å². The predicted octanol–water partition coefficient (Wildman–Crippen LogP) is 3.87. The molecule has 0 bridgehead atoms. The van der Waals surface area contributed by atoms with E-state index >= 15 is 0 Å². The molecule has 0 saturated carbocycles. The standard InChI is InChI=1S/C21H22N4O2/c1-2-17-13-19(25-21(24-17)15-7-9-22-10-8-15)23-14-16-5-3-6-18-20(16)27-12-4-11-26-18/h3,5-10,13H,2,4,11-12,14H2,1H3,(H,23,24,25). The van der Waals surface area contributed by atoms with Gasteiger partial charge in [-0.2, -0.15) is 0 Å². The number of nitrogens with one attached hydrogen (secondary N) is 1. The highest BCUT2D eigenvalue weighted by atomic mass is 16.5. The van der Waals surface area contributed by atoms with E-state index in [0.717, 1.165) is 47.0 Å². The van der Waals surface area contributed by atoms with E-state index < -0.39 is 0 Å². The normalized spacial score (nSPS) is 13.1. The van der Waals surface area contributed by atoms with Crippen molar-refractivity contribution in [3.63, 3.8) is 0 Å². The number of aromatic nitrogens is 3. The molecule has 0 aliphatic carbocycles. The van der Waals surface area contributed by atoms with Crippen molar-refractivity contribution in [1.29, 1.82) is 0 Å². The van der Waals surface area contributed by atoms with E-state index in [-0.39, 0.29) is 0 Å². The van der Waals surface area contributed by atoms with E-state index in [1.807, 2.05) is 36.4 Å². The largest absolute Gasteiger partial charge is 0.490 e. The van der Waals surface area contributed by atoms with E-state index in [0.29, 0.717) is 25.6 Å². The number of anilines is 1. The first-order valence-corrected chi connectivity index (χ1v) is 9.23. The molecule has 0 spiro atoms. The van der Waals surface area contributed by atoms with Gasteiger partial charge in [-0.15, -0.1) is 0 Å². The first kappa shape index (κ1) is 17.3. The molecular formula is C21H22N4O2. The minimum atomic E-state index is 0.600. The van der Waals surface area contributed by atoms with Gasteiger partial charge in [0.2, 0.25) is 0 Å². The van der Waals surface area contributed by atoms with Crippen LogP contribution in [0.3, 0.4) is 0 Å². The number of fused-ring (bicyclic) bond motifs is 1. The smallest absolute Gasteiger partial charge is 0.166 e. The molecule has 2 aromatic heterocycles. The average Bonchev–Trinajstić information content (AvgIpc) is 2.98. The SMILES string of the molecule is CCc1cc(NCc2cccc3c2OCCCO3)nc(-c2ccncc2)n1. The highest BCUT2D eigenvalue weighted by Crippen LogP contribution is 2.33. The molecule has 1 aliphatic rings. The number of hydrogen-bond donors (Lipinski definition) is 1. The summed E-state index contributed by atoms with van der Waals surface area (Å²) in [6, 6.07) is 11.8. The van der Waals surface area contributed by atoms with Crippen LogP contribution in [0.25, 0.3) is 11.4 Å². The molecule has 0 atom stereocenters. The van der Waals surface area contributed by atoms with E-state index in [9.17, 15) is 0 Å². The number of para-hydroxylation sites is 1. The summed E-state index contributed by atoms with van der Waals surface area (Å²) in [6.45, 7) is 4.04. The maximum atomic E-state index is 5.90. The van der Waals surface area contributed by atoms with Crippen LogP contribution in [0, 0.1) is 0 Å². The third kappa shape index (κ3) is 4.00. The molecule has 27 heavy (non-hydrogen) atoms. The molecule has 1 N–H and O–H groups in total. The van der Waals surface area contributed by atoms with Gasteiger partial charge in [-0.05, 0) is 24.6 Å². The highest BCUT2D eigenvalue weighted by molar-refractivity contribution is 5.57. The fraction of sp³-hybridized carbons (Fsp3) is 0.286. The van der Waals surface area contributed by atoms with Gasteiger partial charge in [-0.1, -0.05) is 19.1 Å². The Kier molecular flexibility index (Phi) is 5.14. The summed E-state index contributed by atoms with van der Waals surface area (Å²) < 4.78 is 11.7. The summed E-state index contributed by atoms with van der Waals surface area (Å²) >= 11 is 0. The van der Waals surface area contributed by atoms with Gasteiger partial charge in [-0.25, -0.2) is 9.97 Å². The summed E-state index contributed by atoms with van der Waals surface area (Å²) in [6.07, 6.45) is 5.23. The molecule has 0 radical (unpaired) electrons.